The molecule has 0 aromatic carbocycles. The number of nitrogens with zero attached hydrogens (tertiary/aromatic N) is 5. The summed E-state index contributed by atoms with van der Waals surface area (Å²) in [5.74, 6) is 0.185. The van der Waals surface area contributed by atoms with Crippen LogP contribution in [0.5, 0.6) is 5.75 Å². The van der Waals surface area contributed by atoms with Gasteiger partial charge in [-0.05, 0) is 24.3 Å². The van der Waals surface area contributed by atoms with Crippen LogP contribution in [0.1, 0.15) is 10.4 Å². The summed E-state index contributed by atoms with van der Waals surface area (Å²) in [6, 6.07) is 6.76. The van der Waals surface area contributed by atoms with Crippen LogP contribution in [0.15, 0.2) is 35.3 Å². The van der Waals surface area contributed by atoms with Crippen LogP contribution in [-0.4, -0.2) is 82.5 Å². The van der Waals surface area contributed by atoms with Gasteiger partial charge in [-0.2, -0.15) is 0 Å². The third-order valence-electron chi connectivity index (χ3n) is 6.69. The molecule has 1 unspecified atom stereocenters. The highest BCUT2D eigenvalue weighted by Crippen LogP contribution is 2.30. The summed E-state index contributed by atoms with van der Waals surface area (Å²) in [4.78, 5) is 60.1. The van der Waals surface area contributed by atoms with E-state index in [4.69, 9.17) is 9.47 Å². The number of cyclic esters (lactones) is 1. The van der Waals surface area contributed by atoms with Gasteiger partial charge in [0.05, 0.1) is 11.9 Å². The molecule has 2 amide bonds. The zero-order valence-electron chi connectivity index (χ0n) is 20.2. The van der Waals surface area contributed by atoms with Gasteiger partial charge in [0.15, 0.2) is 18.2 Å². The highest BCUT2D eigenvalue weighted by molar-refractivity contribution is 5.95. The third kappa shape index (κ3) is 4.14. The average molecular weight is 521 g/mol. The third-order valence-corrected chi connectivity index (χ3v) is 6.69. The first-order valence-electron chi connectivity index (χ1n) is 11.9. The van der Waals surface area contributed by atoms with Crippen LogP contribution >= 0.6 is 0 Å². The summed E-state index contributed by atoms with van der Waals surface area (Å²) in [6.07, 6.45) is 0.386. The van der Waals surface area contributed by atoms with Crippen molar-refractivity contribution in [2.24, 2.45) is 7.05 Å². The minimum absolute atomic E-state index is 0.0731. The Kier molecular flexibility index (Phi) is 5.60. The van der Waals surface area contributed by atoms with Crippen LogP contribution in [0.4, 0.5) is 22.2 Å². The lowest BCUT2D eigenvalue weighted by atomic mass is 10.1. The first kappa shape index (κ1) is 23.7. The van der Waals surface area contributed by atoms with Crippen molar-refractivity contribution in [3.63, 3.8) is 0 Å². The van der Waals surface area contributed by atoms with Crippen LogP contribution in [-0.2, 0) is 16.6 Å². The number of rotatable bonds is 6. The summed E-state index contributed by atoms with van der Waals surface area (Å²) in [6.45, 7) is 2.01. The maximum absolute atomic E-state index is 12.4. The Balaban J connectivity index is 1.05. The van der Waals surface area contributed by atoms with E-state index in [0.717, 1.165) is 0 Å². The number of anilines is 3. The van der Waals surface area contributed by atoms with Crippen LogP contribution in [0.2, 0.25) is 0 Å². The predicted molar refractivity (Wildman–Crippen MR) is 134 cm³/mol. The Morgan fingerprint density at radius 2 is 1.92 bits per heavy atom. The number of aromatic nitrogens is 3. The minimum Gasteiger partial charge on any atom is -0.480 e. The molecule has 3 aliphatic rings. The molecule has 2 fully saturated rings. The van der Waals surface area contributed by atoms with Crippen molar-refractivity contribution in [1.29, 1.82) is 0 Å². The smallest absolute Gasteiger partial charge is 0.416 e. The molecular formula is C24H23N7O7. The summed E-state index contributed by atoms with van der Waals surface area (Å²) in [5.41, 5.74) is -0.442. The van der Waals surface area contributed by atoms with Crippen molar-refractivity contribution in [1.82, 2.24) is 19.9 Å². The summed E-state index contributed by atoms with van der Waals surface area (Å²) >= 11 is 0. The molecule has 0 saturated carbocycles. The van der Waals surface area contributed by atoms with Gasteiger partial charge >= 0.3 is 12.1 Å². The fourth-order valence-electron chi connectivity index (χ4n) is 4.68. The van der Waals surface area contributed by atoms with E-state index >= 15 is 0 Å². The number of carbonyl (C=O) groups excluding carboxylic acids is 2. The van der Waals surface area contributed by atoms with Gasteiger partial charge in [0.2, 0.25) is 5.43 Å². The van der Waals surface area contributed by atoms with Crippen molar-refractivity contribution in [2.45, 2.75) is 12.1 Å². The fourth-order valence-corrected chi connectivity index (χ4v) is 4.68. The highest BCUT2D eigenvalue weighted by Gasteiger charge is 2.35. The molecule has 3 N–H and O–H groups in total. The first-order chi connectivity index (χ1) is 18.3. The maximum Gasteiger partial charge on any atom is 0.416 e. The van der Waals surface area contributed by atoms with Crippen molar-refractivity contribution >= 4 is 46.5 Å². The summed E-state index contributed by atoms with van der Waals surface area (Å²) in [5, 5.41) is 15.5. The maximum atomic E-state index is 12.4. The number of amides is 2. The molecule has 14 nitrogen and oxygen atoms in total. The van der Waals surface area contributed by atoms with Crippen LogP contribution in [0, 0.1) is 0 Å². The molecule has 3 aliphatic heterocycles. The molecule has 6 rings (SSSR count). The number of aromatic carboxylic acids is 1. The van der Waals surface area contributed by atoms with E-state index in [1.165, 1.54) is 15.7 Å². The predicted octanol–water partition coefficient (Wildman–Crippen LogP) is 0.161. The van der Waals surface area contributed by atoms with Crippen molar-refractivity contribution in [2.75, 3.05) is 47.9 Å². The Morgan fingerprint density at radius 1 is 1.13 bits per heavy atom. The average Bonchev–Trinajstić information content (AvgIpc) is 3.24. The van der Waals surface area contributed by atoms with Crippen molar-refractivity contribution < 1.29 is 29.0 Å². The number of ether oxygens (including phenoxy) is 2. The minimum atomic E-state index is -1.27. The number of fused-ring (bicyclic) bond motifs is 2. The standard InChI is InChI=1S/C24H23N7O7/c1-29-10-15(23(34)35)20(33)14-2-4-17(27-22(14)29)30-7-12(8-30)25-6-13-9-31(24(36)38-13)18-5-3-16-21(26-18)28-19(32)11-37-16/h2-5,10,12-13,25H,6-9,11H2,1H3,(H,34,35)(H,26,28,32). The fraction of sp³-hybridized carbons (Fsp3) is 0.333. The van der Waals surface area contributed by atoms with Gasteiger partial charge < -0.3 is 34.7 Å². The number of hydrogen-bond acceptors (Lipinski definition) is 10. The van der Waals surface area contributed by atoms with Crippen molar-refractivity contribution in [3.8, 4) is 5.75 Å². The summed E-state index contributed by atoms with van der Waals surface area (Å²) in [7, 11) is 1.65. The topological polar surface area (TPSA) is 168 Å². The molecule has 3 aromatic heterocycles. The Bertz CT molecular complexity index is 1550. The molecule has 0 radical (unpaired) electrons. The Hall–Kier alpha value is -4.72. The lowest BCUT2D eigenvalue weighted by Gasteiger charge is -2.41. The zero-order valence-corrected chi connectivity index (χ0v) is 20.2. The van der Waals surface area contributed by atoms with Crippen LogP contribution < -0.4 is 30.6 Å². The number of carboxylic acids is 1. The van der Waals surface area contributed by atoms with Gasteiger partial charge in [0.25, 0.3) is 5.91 Å². The summed E-state index contributed by atoms with van der Waals surface area (Å²) < 4.78 is 12.3. The van der Waals surface area contributed by atoms with Gasteiger partial charge in [0, 0.05) is 38.9 Å². The zero-order chi connectivity index (χ0) is 26.6. The molecule has 3 aromatic rings. The largest absolute Gasteiger partial charge is 0.480 e. The number of aryl methyl sites for hydroxylation is 1. The SMILES string of the molecule is Cn1cc(C(=O)O)c(=O)c2ccc(N3CC(NCC4CN(c5ccc6c(n5)NC(=O)CO6)C(=O)O4)C3)nc21. The number of hydrogen-bond donors (Lipinski definition) is 3. The van der Waals surface area contributed by atoms with Crippen LogP contribution in [0.25, 0.3) is 11.0 Å². The molecule has 1 atom stereocenters. The first-order valence-corrected chi connectivity index (χ1v) is 11.9. The molecule has 0 bridgehead atoms. The van der Waals surface area contributed by atoms with Gasteiger partial charge in [-0.3, -0.25) is 14.5 Å². The van der Waals surface area contributed by atoms with E-state index in [1.54, 1.807) is 31.3 Å². The second kappa shape index (κ2) is 8.99. The number of carbonyl (C=O) groups is 3. The van der Waals surface area contributed by atoms with Gasteiger partial charge in [-0.15, -0.1) is 0 Å². The molecule has 2 saturated heterocycles. The normalized spacial score (nSPS) is 19.0. The number of carboxylic acid groups (broad SMARTS) is 1. The lowest BCUT2D eigenvalue weighted by Crippen LogP contribution is -2.59. The van der Waals surface area contributed by atoms with E-state index in [1.807, 2.05) is 4.90 Å². The van der Waals surface area contributed by atoms with Gasteiger partial charge in [0.1, 0.15) is 29.0 Å². The quantitative estimate of drug-likeness (QED) is 0.404. The lowest BCUT2D eigenvalue weighted by molar-refractivity contribution is -0.118. The molecule has 38 heavy (non-hydrogen) atoms. The second-order valence-electron chi connectivity index (χ2n) is 9.31. The van der Waals surface area contributed by atoms with E-state index in [2.05, 4.69) is 20.6 Å². The van der Waals surface area contributed by atoms with E-state index in [0.29, 0.717) is 49.2 Å². The highest BCUT2D eigenvalue weighted by atomic mass is 16.6. The Morgan fingerprint density at radius 3 is 2.71 bits per heavy atom. The van der Waals surface area contributed by atoms with Crippen LogP contribution in [0.3, 0.4) is 0 Å². The molecule has 0 spiro atoms. The van der Waals surface area contributed by atoms with Gasteiger partial charge in [-0.1, -0.05) is 0 Å². The molecule has 0 aliphatic carbocycles. The monoisotopic (exact) mass is 521 g/mol. The molecule has 14 heteroatoms. The van der Waals surface area contributed by atoms with Gasteiger partial charge in [-0.25, -0.2) is 19.6 Å². The molecular weight excluding hydrogens is 498 g/mol. The van der Waals surface area contributed by atoms with E-state index in [-0.39, 0.29) is 41.4 Å². The molecule has 6 heterocycles. The molecule has 196 valence electrons. The number of nitrogens with one attached hydrogen (secondary N) is 2. The number of pyridine rings is 3. The van der Waals surface area contributed by atoms with E-state index in [9.17, 15) is 24.3 Å². The Labute approximate surface area is 214 Å². The van der Waals surface area contributed by atoms with E-state index < -0.39 is 17.5 Å². The van der Waals surface area contributed by atoms with Crippen molar-refractivity contribution in [3.05, 3.63) is 46.2 Å². The second-order valence-corrected chi connectivity index (χ2v) is 9.31.